The summed E-state index contributed by atoms with van der Waals surface area (Å²) >= 11 is 0. The number of hydrogen-bond donors (Lipinski definition) is 1. The highest BCUT2D eigenvalue weighted by atomic mass is 32.2. The Morgan fingerprint density at radius 2 is 2.12 bits per heavy atom. The number of aryl methyl sites for hydroxylation is 2. The summed E-state index contributed by atoms with van der Waals surface area (Å²) < 4.78 is 32.6. The zero-order valence-corrected chi connectivity index (χ0v) is 15.2. The Kier molecular flexibility index (Phi) is 3.83. The maximum Gasteiger partial charge on any atom is 0.260 e. The first-order valence-electron chi connectivity index (χ1n) is 8.18. The first-order valence-corrected chi connectivity index (χ1v) is 9.62. The predicted molar refractivity (Wildman–Crippen MR) is 92.8 cm³/mol. The molecule has 4 rings (SSSR count). The number of aromatic nitrogens is 3. The predicted octanol–water partition coefficient (Wildman–Crippen LogP) is 1.52. The van der Waals surface area contributed by atoms with Gasteiger partial charge in [0.25, 0.3) is 5.89 Å². The first kappa shape index (κ1) is 17.1. The number of nitrogens with zero attached hydrogens (tertiary/aromatic N) is 4. The third kappa shape index (κ3) is 2.68. The molecule has 9 heteroatoms. The van der Waals surface area contributed by atoms with Crippen LogP contribution in [0.25, 0.3) is 10.9 Å². The minimum Gasteiger partial charge on any atom is -0.379 e. The molecule has 2 aromatic heterocycles. The molecule has 1 atom stereocenters. The van der Waals surface area contributed by atoms with Crippen LogP contribution in [0.5, 0.6) is 0 Å². The standard InChI is InChI=1S/C17H18N4O4S/c1-11-8-13-4-3-5-14(15(13)18-9-11)26(23,24)21-7-6-17(22,10-21)16-19-12(2)20-25-16/h3-5,8-9,22H,6-7,10H2,1-2H3. The van der Waals surface area contributed by atoms with Gasteiger partial charge in [0.05, 0.1) is 12.1 Å². The van der Waals surface area contributed by atoms with Crippen molar-refractivity contribution in [2.75, 3.05) is 13.1 Å². The molecule has 1 fully saturated rings. The number of fused-ring (bicyclic) bond motifs is 1. The van der Waals surface area contributed by atoms with Crippen LogP contribution in [0.15, 0.2) is 39.9 Å². The maximum absolute atomic E-state index is 13.2. The van der Waals surface area contributed by atoms with E-state index in [9.17, 15) is 13.5 Å². The van der Waals surface area contributed by atoms with E-state index in [0.29, 0.717) is 11.3 Å². The average molecular weight is 374 g/mol. The van der Waals surface area contributed by atoms with E-state index in [-0.39, 0.29) is 30.3 Å². The number of para-hydroxylation sites is 1. The van der Waals surface area contributed by atoms with Gasteiger partial charge < -0.3 is 9.63 Å². The number of aliphatic hydroxyl groups is 1. The summed E-state index contributed by atoms with van der Waals surface area (Å²) in [5, 5.41) is 15.2. The van der Waals surface area contributed by atoms with Crippen molar-refractivity contribution in [3.05, 3.63) is 47.7 Å². The molecule has 0 spiro atoms. The molecule has 3 aromatic rings. The molecule has 1 aliphatic rings. The smallest absolute Gasteiger partial charge is 0.260 e. The second kappa shape index (κ2) is 5.83. The van der Waals surface area contributed by atoms with E-state index in [1.54, 1.807) is 19.2 Å². The van der Waals surface area contributed by atoms with E-state index in [4.69, 9.17) is 4.52 Å². The van der Waals surface area contributed by atoms with Crippen molar-refractivity contribution in [1.29, 1.82) is 0 Å². The molecule has 1 aliphatic heterocycles. The lowest BCUT2D eigenvalue weighted by atomic mass is 10.0. The molecule has 0 radical (unpaired) electrons. The fourth-order valence-electron chi connectivity index (χ4n) is 3.22. The Hall–Kier alpha value is -2.36. The number of benzene rings is 1. The molecule has 1 unspecified atom stereocenters. The lowest BCUT2D eigenvalue weighted by Crippen LogP contribution is -2.34. The van der Waals surface area contributed by atoms with Crippen molar-refractivity contribution in [1.82, 2.24) is 19.4 Å². The van der Waals surface area contributed by atoms with E-state index in [0.717, 1.165) is 10.9 Å². The molecule has 3 heterocycles. The van der Waals surface area contributed by atoms with Gasteiger partial charge >= 0.3 is 0 Å². The number of β-amino-alcohol motifs (C(OH)–C–C–N with tert-alkyl or cyclic N) is 1. The highest BCUT2D eigenvalue weighted by Crippen LogP contribution is 2.35. The fourth-order valence-corrected chi connectivity index (χ4v) is 4.87. The van der Waals surface area contributed by atoms with Gasteiger partial charge in [0, 0.05) is 24.5 Å². The second-order valence-corrected chi connectivity index (χ2v) is 8.51. The molecule has 0 amide bonds. The van der Waals surface area contributed by atoms with Crippen LogP contribution in [0.1, 0.15) is 23.7 Å². The van der Waals surface area contributed by atoms with Crippen LogP contribution in [0.3, 0.4) is 0 Å². The summed E-state index contributed by atoms with van der Waals surface area (Å²) in [4.78, 5) is 8.48. The molecule has 136 valence electrons. The van der Waals surface area contributed by atoms with Gasteiger partial charge in [-0.2, -0.15) is 9.29 Å². The summed E-state index contributed by atoms with van der Waals surface area (Å²) in [6.45, 7) is 3.56. The van der Waals surface area contributed by atoms with Gasteiger partial charge in [-0.25, -0.2) is 8.42 Å². The van der Waals surface area contributed by atoms with Crippen LogP contribution >= 0.6 is 0 Å². The Balaban J connectivity index is 1.72. The molecule has 1 N–H and O–H groups in total. The Morgan fingerprint density at radius 3 is 2.85 bits per heavy atom. The average Bonchev–Trinajstić information content (AvgIpc) is 3.21. The topological polar surface area (TPSA) is 109 Å². The number of sulfonamides is 1. The second-order valence-electron chi connectivity index (χ2n) is 6.61. The van der Waals surface area contributed by atoms with E-state index < -0.39 is 15.6 Å². The number of pyridine rings is 1. The van der Waals surface area contributed by atoms with Crippen molar-refractivity contribution in [3.8, 4) is 0 Å². The molecule has 1 aromatic carbocycles. The van der Waals surface area contributed by atoms with Gasteiger partial charge in [0.2, 0.25) is 10.0 Å². The Morgan fingerprint density at radius 1 is 1.31 bits per heavy atom. The minimum absolute atomic E-state index is 0.0411. The summed E-state index contributed by atoms with van der Waals surface area (Å²) in [6.07, 6.45) is 1.83. The largest absolute Gasteiger partial charge is 0.379 e. The van der Waals surface area contributed by atoms with Crippen LogP contribution < -0.4 is 0 Å². The van der Waals surface area contributed by atoms with Gasteiger partial charge in [0.1, 0.15) is 4.90 Å². The summed E-state index contributed by atoms with van der Waals surface area (Å²) in [5.41, 5.74) is -0.111. The Bertz CT molecular complexity index is 1100. The number of hydrogen-bond acceptors (Lipinski definition) is 7. The number of rotatable bonds is 3. The first-order chi connectivity index (χ1) is 12.3. The van der Waals surface area contributed by atoms with Crippen molar-refractivity contribution in [3.63, 3.8) is 0 Å². The van der Waals surface area contributed by atoms with Crippen molar-refractivity contribution >= 4 is 20.9 Å². The molecule has 1 saturated heterocycles. The summed E-state index contributed by atoms with van der Waals surface area (Å²) in [5.74, 6) is 0.433. The normalized spacial score (nSPS) is 21.5. The van der Waals surface area contributed by atoms with Gasteiger partial charge in [-0.05, 0) is 31.5 Å². The molecular weight excluding hydrogens is 356 g/mol. The van der Waals surface area contributed by atoms with Crippen LogP contribution in [0, 0.1) is 13.8 Å². The lowest BCUT2D eigenvalue weighted by Gasteiger charge is -2.20. The molecular formula is C17H18N4O4S. The van der Waals surface area contributed by atoms with Gasteiger partial charge in [-0.1, -0.05) is 17.3 Å². The molecule has 0 aliphatic carbocycles. The third-order valence-corrected chi connectivity index (χ3v) is 6.44. The summed E-state index contributed by atoms with van der Waals surface area (Å²) in [7, 11) is -3.83. The molecule has 26 heavy (non-hydrogen) atoms. The SMILES string of the molecule is Cc1cnc2c(S(=O)(=O)N3CCC(O)(c4nc(C)no4)C3)cccc2c1. The van der Waals surface area contributed by atoms with Crippen LogP contribution in [-0.2, 0) is 15.6 Å². The molecule has 8 nitrogen and oxygen atoms in total. The zero-order valence-electron chi connectivity index (χ0n) is 14.4. The van der Waals surface area contributed by atoms with Gasteiger partial charge in [-0.3, -0.25) is 4.98 Å². The van der Waals surface area contributed by atoms with Crippen molar-refractivity contribution in [2.45, 2.75) is 30.8 Å². The van der Waals surface area contributed by atoms with Crippen molar-refractivity contribution < 1.29 is 18.0 Å². The quantitative estimate of drug-likeness (QED) is 0.740. The lowest BCUT2D eigenvalue weighted by molar-refractivity contribution is 0.0194. The monoisotopic (exact) mass is 374 g/mol. The van der Waals surface area contributed by atoms with Crippen LogP contribution in [0.2, 0.25) is 0 Å². The van der Waals surface area contributed by atoms with Gasteiger partial charge in [-0.15, -0.1) is 0 Å². The highest BCUT2D eigenvalue weighted by molar-refractivity contribution is 7.89. The van der Waals surface area contributed by atoms with E-state index in [1.807, 2.05) is 19.1 Å². The maximum atomic E-state index is 13.2. The minimum atomic E-state index is -3.83. The highest BCUT2D eigenvalue weighted by Gasteiger charge is 2.47. The fraction of sp³-hybridized carbons (Fsp3) is 0.353. The molecule has 0 saturated carbocycles. The van der Waals surface area contributed by atoms with Crippen molar-refractivity contribution in [2.24, 2.45) is 0 Å². The van der Waals surface area contributed by atoms with Gasteiger partial charge in [0.15, 0.2) is 11.4 Å². The molecule has 0 bridgehead atoms. The zero-order chi connectivity index (χ0) is 18.5. The van der Waals surface area contributed by atoms with E-state index in [2.05, 4.69) is 15.1 Å². The van der Waals surface area contributed by atoms with Crippen LogP contribution in [-0.4, -0.2) is 46.0 Å². The van der Waals surface area contributed by atoms with E-state index in [1.165, 1.54) is 10.4 Å². The van der Waals surface area contributed by atoms with E-state index >= 15 is 0 Å². The summed E-state index contributed by atoms with van der Waals surface area (Å²) in [6, 6.07) is 6.95. The van der Waals surface area contributed by atoms with Crippen LogP contribution in [0.4, 0.5) is 0 Å². The third-order valence-electron chi connectivity index (χ3n) is 4.57. The Labute approximate surface area is 150 Å².